The van der Waals surface area contributed by atoms with Gasteiger partial charge in [-0.05, 0) is 0 Å². The fraction of sp³-hybridized carbons (Fsp3) is 0.700. The van der Waals surface area contributed by atoms with Gasteiger partial charge in [-0.1, -0.05) is 31.9 Å². The minimum Gasteiger partial charge on any atom is -0.458 e. The van der Waals surface area contributed by atoms with Crippen LogP contribution < -0.4 is 0 Å². The molecule has 0 spiro atoms. The molecule has 0 aromatic carbocycles. The molecule has 0 N–H and O–H groups in total. The third-order valence-corrected chi connectivity index (χ3v) is 3.76. The Labute approximate surface area is 121 Å². The van der Waals surface area contributed by atoms with Crippen LogP contribution in [0.4, 0.5) is 0 Å². The molecule has 0 bridgehead atoms. The van der Waals surface area contributed by atoms with E-state index in [1.165, 1.54) is 13.8 Å². The van der Waals surface area contributed by atoms with Gasteiger partial charge in [0.05, 0.1) is 0 Å². The number of carbonyl (C=O) groups is 3. The lowest BCUT2D eigenvalue weighted by Gasteiger charge is -2.25. The first-order valence-electron chi connectivity index (χ1n) is 5.11. The highest BCUT2D eigenvalue weighted by Gasteiger charge is 2.50. The summed E-state index contributed by atoms with van der Waals surface area (Å²) in [7, 11) is 0. The molecular formula is C10H12Br2O6. The van der Waals surface area contributed by atoms with E-state index < -0.39 is 41.0 Å². The Morgan fingerprint density at radius 3 is 2.44 bits per heavy atom. The van der Waals surface area contributed by atoms with E-state index in [0.29, 0.717) is 0 Å². The summed E-state index contributed by atoms with van der Waals surface area (Å²) in [6, 6.07) is 0. The lowest BCUT2D eigenvalue weighted by molar-refractivity contribution is -0.165. The van der Waals surface area contributed by atoms with E-state index in [9.17, 15) is 14.4 Å². The van der Waals surface area contributed by atoms with Crippen LogP contribution in [-0.2, 0) is 28.6 Å². The van der Waals surface area contributed by atoms with Crippen LogP contribution in [0.1, 0.15) is 13.8 Å². The Morgan fingerprint density at radius 2 is 2.00 bits per heavy atom. The second-order valence-electron chi connectivity index (χ2n) is 3.68. The Bertz CT molecular complexity index is 358. The molecule has 1 fully saturated rings. The Kier molecular flexibility index (Phi) is 5.58. The summed E-state index contributed by atoms with van der Waals surface area (Å²) >= 11 is 6.26. The van der Waals surface area contributed by atoms with Gasteiger partial charge in [0.25, 0.3) is 0 Å². The molecular weight excluding hydrogens is 376 g/mol. The number of carbonyl (C=O) groups excluding carboxylic acids is 3. The number of hydrogen-bond donors (Lipinski definition) is 0. The van der Waals surface area contributed by atoms with E-state index >= 15 is 0 Å². The number of hydrogen-bond acceptors (Lipinski definition) is 6. The van der Waals surface area contributed by atoms with Crippen LogP contribution in [0.15, 0.2) is 0 Å². The number of halogens is 2. The number of ether oxygens (including phenoxy) is 3. The molecule has 1 rings (SSSR count). The fourth-order valence-electron chi connectivity index (χ4n) is 1.57. The summed E-state index contributed by atoms with van der Waals surface area (Å²) in [6.45, 7) is 2.48. The van der Waals surface area contributed by atoms with Gasteiger partial charge in [-0.2, -0.15) is 0 Å². The molecule has 18 heavy (non-hydrogen) atoms. The SMILES string of the molecule is CC(=O)O[C@H]1[C@@H]([C@H](CBr)OC(C)=O)OC(=O)[C@@H]1Br. The number of cyclic esters (lactones) is 1. The van der Waals surface area contributed by atoms with Crippen molar-refractivity contribution >= 4 is 49.8 Å². The molecule has 0 radical (unpaired) electrons. The van der Waals surface area contributed by atoms with Crippen molar-refractivity contribution < 1.29 is 28.6 Å². The summed E-state index contributed by atoms with van der Waals surface area (Å²) in [5, 5.41) is 0.266. The monoisotopic (exact) mass is 386 g/mol. The van der Waals surface area contributed by atoms with Crippen molar-refractivity contribution in [2.45, 2.75) is 37.0 Å². The average Bonchev–Trinajstić information content (AvgIpc) is 2.53. The predicted molar refractivity (Wildman–Crippen MR) is 67.5 cm³/mol. The van der Waals surface area contributed by atoms with Crippen LogP contribution in [0.2, 0.25) is 0 Å². The minimum atomic E-state index is -0.825. The van der Waals surface area contributed by atoms with Crippen LogP contribution in [0.25, 0.3) is 0 Å². The summed E-state index contributed by atoms with van der Waals surface area (Å²) in [6.07, 6.45) is -2.36. The molecule has 6 nitrogen and oxygen atoms in total. The molecule has 1 saturated heterocycles. The molecule has 102 valence electrons. The highest BCUT2D eigenvalue weighted by molar-refractivity contribution is 9.10. The fourth-order valence-corrected chi connectivity index (χ4v) is 2.59. The van der Waals surface area contributed by atoms with Gasteiger partial charge in [-0.15, -0.1) is 0 Å². The van der Waals surface area contributed by atoms with Crippen molar-refractivity contribution in [1.82, 2.24) is 0 Å². The van der Waals surface area contributed by atoms with Crippen LogP contribution in [-0.4, -0.2) is 46.4 Å². The molecule has 1 aliphatic heterocycles. The first-order valence-corrected chi connectivity index (χ1v) is 7.15. The molecule has 0 aromatic heterocycles. The molecule has 1 aliphatic rings. The van der Waals surface area contributed by atoms with E-state index in [1.807, 2.05) is 0 Å². The smallest absolute Gasteiger partial charge is 0.324 e. The van der Waals surface area contributed by atoms with Crippen LogP contribution in [0, 0.1) is 0 Å². The molecule has 8 heteroatoms. The van der Waals surface area contributed by atoms with Gasteiger partial charge in [0.15, 0.2) is 23.1 Å². The normalized spacial score (nSPS) is 28.4. The lowest BCUT2D eigenvalue weighted by Crippen LogP contribution is -2.43. The molecule has 0 aromatic rings. The Morgan fingerprint density at radius 1 is 1.39 bits per heavy atom. The highest BCUT2D eigenvalue weighted by Crippen LogP contribution is 2.29. The Balaban J connectivity index is 2.85. The first-order chi connectivity index (χ1) is 8.36. The van der Waals surface area contributed by atoms with Crippen molar-refractivity contribution in [3.05, 3.63) is 0 Å². The van der Waals surface area contributed by atoms with Crippen molar-refractivity contribution in [1.29, 1.82) is 0 Å². The van der Waals surface area contributed by atoms with E-state index in [4.69, 9.17) is 14.2 Å². The van der Waals surface area contributed by atoms with Gasteiger partial charge in [0.2, 0.25) is 0 Å². The number of alkyl halides is 2. The van der Waals surface area contributed by atoms with Gasteiger partial charge < -0.3 is 14.2 Å². The van der Waals surface area contributed by atoms with Crippen molar-refractivity contribution in [2.24, 2.45) is 0 Å². The average molecular weight is 388 g/mol. The largest absolute Gasteiger partial charge is 0.458 e. The zero-order chi connectivity index (χ0) is 13.9. The lowest BCUT2D eigenvalue weighted by atomic mass is 10.1. The van der Waals surface area contributed by atoms with E-state index in [1.54, 1.807) is 0 Å². The first kappa shape index (κ1) is 15.4. The number of esters is 3. The second-order valence-corrected chi connectivity index (χ2v) is 5.31. The van der Waals surface area contributed by atoms with Gasteiger partial charge in [0.1, 0.15) is 0 Å². The van der Waals surface area contributed by atoms with Gasteiger partial charge in [-0.3, -0.25) is 14.4 Å². The highest BCUT2D eigenvalue weighted by atomic mass is 79.9. The van der Waals surface area contributed by atoms with E-state index in [0.717, 1.165) is 0 Å². The molecule has 0 amide bonds. The van der Waals surface area contributed by atoms with Crippen LogP contribution in [0.5, 0.6) is 0 Å². The maximum absolute atomic E-state index is 11.5. The van der Waals surface area contributed by atoms with E-state index in [2.05, 4.69) is 31.9 Å². The zero-order valence-corrected chi connectivity index (χ0v) is 12.9. The van der Waals surface area contributed by atoms with Gasteiger partial charge >= 0.3 is 17.9 Å². The summed E-state index contributed by atoms with van der Waals surface area (Å²) < 4.78 is 15.1. The maximum atomic E-state index is 11.5. The molecule has 0 saturated carbocycles. The quantitative estimate of drug-likeness (QED) is 0.405. The minimum absolute atomic E-state index is 0.266. The second kappa shape index (κ2) is 6.51. The molecule has 1 heterocycles. The summed E-state index contributed by atoms with van der Waals surface area (Å²) in [5.41, 5.74) is 0. The predicted octanol–water partition coefficient (Wildman–Crippen LogP) is 0.934. The van der Waals surface area contributed by atoms with Crippen LogP contribution in [0.3, 0.4) is 0 Å². The van der Waals surface area contributed by atoms with Crippen molar-refractivity contribution in [2.75, 3.05) is 5.33 Å². The van der Waals surface area contributed by atoms with E-state index in [-0.39, 0.29) is 5.33 Å². The van der Waals surface area contributed by atoms with Crippen molar-refractivity contribution in [3.8, 4) is 0 Å². The summed E-state index contributed by atoms with van der Waals surface area (Å²) in [5.74, 6) is -1.59. The third kappa shape index (κ3) is 3.68. The maximum Gasteiger partial charge on any atom is 0.324 e. The molecule has 4 atom stereocenters. The van der Waals surface area contributed by atoms with Gasteiger partial charge in [0, 0.05) is 19.2 Å². The van der Waals surface area contributed by atoms with Crippen molar-refractivity contribution in [3.63, 3.8) is 0 Å². The Hall–Kier alpha value is -0.630. The molecule has 0 unspecified atom stereocenters. The van der Waals surface area contributed by atoms with Gasteiger partial charge in [-0.25, -0.2) is 0 Å². The zero-order valence-electron chi connectivity index (χ0n) is 9.72. The summed E-state index contributed by atoms with van der Waals surface area (Å²) in [4.78, 5) is 32.7. The molecule has 0 aliphatic carbocycles. The number of rotatable bonds is 4. The standard InChI is InChI=1S/C10H12Br2O6/c1-4(13)16-6(3-11)8-9(17-5(2)14)7(12)10(15)18-8/h6-9H,3H2,1-2H3/t6-,7+,8+,9+/m0/s1. The third-order valence-electron chi connectivity index (χ3n) is 2.23. The topological polar surface area (TPSA) is 78.9 Å². The van der Waals surface area contributed by atoms with Crippen LogP contribution >= 0.6 is 31.9 Å².